The third kappa shape index (κ3) is 8.93. The van der Waals surface area contributed by atoms with Gasteiger partial charge < -0.3 is 15.7 Å². The number of halogens is 1. The lowest BCUT2D eigenvalue weighted by Crippen LogP contribution is -2.43. The van der Waals surface area contributed by atoms with E-state index in [2.05, 4.69) is 29.5 Å². The van der Waals surface area contributed by atoms with Gasteiger partial charge in [-0.1, -0.05) is 32.8 Å². The van der Waals surface area contributed by atoms with E-state index in [1.807, 2.05) is 6.92 Å². The average molecular weight is 547 g/mol. The van der Waals surface area contributed by atoms with Crippen LogP contribution in [0, 0.1) is 0 Å². The molecule has 1 aromatic heterocycles. The van der Waals surface area contributed by atoms with Crippen molar-refractivity contribution >= 4 is 51.3 Å². The molecule has 0 saturated heterocycles. The van der Waals surface area contributed by atoms with Crippen LogP contribution in [0.5, 0.6) is 0 Å². The number of nitrogens with one attached hydrogen (secondary N) is 2. The van der Waals surface area contributed by atoms with E-state index in [9.17, 15) is 13.5 Å². The highest BCUT2D eigenvalue weighted by atomic mass is 127. The predicted molar refractivity (Wildman–Crippen MR) is 128 cm³/mol. The second kappa shape index (κ2) is 13.7. The molecule has 0 atom stereocenters. The Bertz CT molecular complexity index is 660. The zero-order chi connectivity index (χ0) is 20.3. The van der Waals surface area contributed by atoms with Gasteiger partial charge in [0.15, 0.2) is 5.96 Å². The lowest BCUT2D eigenvalue weighted by Gasteiger charge is -2.26. The molecule has 0 spiro atoms. The van der Waals surface area contributed by atoms with Crippen molar-refractivity contribution in [1.82, 2.24) is 14.9 Å². The molecule has 0 fully saturated rings. The molecule has 0 amide bonds. The third-order valence-electron chi connectivity index (χ3n) is 4.19. The lowest BCUT2D eigenvalue weighted by molar-refractivity contribution is 0.0306. The zero-order valence-corrected chi connectivity index (χ0v) is 21.2. The van der Waals surface area contributed by atoms with Crippen molar-refractivity contribution in [3.05, 3.63) is 17.5 Å². The molecule has 1 rings (SSSR count). The Morgan fingerprint density at radius 3 is 2.39 bits per heavy atom. The summed E-state index contributed by atoms with van der Waals surface area (Å²) in [5.41, 5.74) is -0.787. The highest BCUT2D eigenvalue weighted by Gasteiger charge is 2.25. The number of hydrogen-bond acceptors (Lipinski definition) is 5. The maximum Gasteiger partial charge on any atom is 0.252 e. The fourth-order valence-electron chi connectivity index (χ4n) is 2.80. The number of hydrogen-bond donors (Lipinski definition) is 3. The van der Waals surface area contributed by atoms with Crippen LogP contribution < -0.4 is 10.6 Å². The minimum absolute atomic E-state index is 0. The largest absolute Gasteiger partial charge is 0.388 e. The van der Waals surface area contributed by atoms with Gasteiger partial charge >= 0.3 is 0 Å². The van der Waals surface area contributed by atoms with Crippen LogP contribution in [0.3, 0.4) is 0 Å². The van der Waals surface area contributed by atoms with E-state index in [4.69, 9.17) is 0 Å². The third-order valence-corrected chi connectivity index (χ3v) is 7.42. The molecule has 10 heteroatoms. The van der Waals surface area contributed by atoms with Crippen molar-refractivity contribution in [2.24, 2.45) is 4.99 Å². The molecule has 1 heterocycles. The number of likely N-dealkylation sites (N-methyl/N-ethyl adjacent to an activating group) is 1. The summed E-state index contributed by atoms with van der Waals surface area (Å²) in [5, 5.41) is 18.8. The quantitative estimate of drug-likeness (QED) is 0.213. The van der Waals surface area contributed by atoms with Gasteiger partial charge in [-0.15, -0.1) is 35.3 Å². The summed E-state index contributed by atoms with van der Waals surface area (Å²) in [7, 11) is -1.87. The highest BCUT2D eigenvalue weighted by molar-refractivity contribution is 14.0. The van der Waals surface area contributed by atoms with Gasteiger partial charge in [0, 0.05) is 26.7 Å². The van der Waals surface area contributed by atoms with Crippen LogP contribution in [0.15, 0.2) is 26.7 Å². The molecule has 0 saturated carbocycles. The Kier molecular flexibility index (Phi) is 13.5. The normalized spacial score (nSPS) is 12.7. The fraction of sp³-hybridized carbons (Fsp3) is 0.722. The summed E-state index contributed by atoms with van der Waals surface area (Å²) in [4.78, 5) is 4.51. The van der Waals surface area contributed by atoms with Gasteiger partial charge in [0.1, 0.15) is 4.21 Å². The summed E-state index contributed by atoms with van der Waals surface area (Å²) < 4.78 is 26.5. The highest BCUT2D eigenvalue weighted by Crippen LogP contribution is 2.20. The average Bonchev–Trinajstić information content (AvgIpc) is 3.15. The van der Waals surface area contributed by atoms with Crippen molar-refractivity contribution in [3.8, 4) is 0 Å². The molecule has 1 aromatic rings. The van der Waals surface area contributed by atoms with Crippen LogP contribution in [0.2, 0.25) is 0 Å². The lowest BCUT2D eigenvalue weighted by atomic mass is 9.93. The molecular formula is C18H35IN4O3S2. The first-order valence-corrected chi connectivity index (χ1v) is 11.9. The van der Waals surface area contributed by atoms with E-state index in [-0.39, 0.29) is 24.0 Å². The number of thiophene rings is 1. The van der Waals surface area contributed by atoms with Gasteiger partial charge in [-0.3, -0.25) is 4.99 Å². The Labute approximate surface area is 191 Å². The van der Waals surface area contributed by atoms with Crippen molar-refractivity contribution in [3.63, 3.8) is 0 Å². The van der Waals surface area contributed by atoms with Crippen molar-refractivity contribution in [1.29, 1.82) is 0 Å². The van der Waals surface area contributed by atoms with Crippen LogP contribution in [0.4, 0.5) is 0 Å². The smallest absolute Gasteiger partial charge is 0.252 e. The zero-order valence-electron chi connectivity index (χ0n) is 17.3. The monoisotopic (exact) mass is 546 g/mol. The number of guanidine groups is 1. The summed E-state index contributed by atoms with van der Waals surface area (Å²) in [6.07, 6.45) is 3.24. The SMILES string of the molecule is CCCC(O)(CCC)CN=C(NCC)NCCN(C)S(=O)(=O)c1cccs1.I. The maximum atomic E-state index is 12.4. The molecule has 0 aromatic carbocycles. The van der Waals surface area contributed by atoms with E-state index < -0.39 is 15.6 Å². The number of nitrogens with zero attached hydrogens (tertiary/aromatic N) is 2. The molecule has 0 bridgehead atoms. The first-order valence-electron chi connectivity index (χ1n) is 9.53. The van der Waals surface area contributed by atoms with Gasteiger partial charge in [-0.25, -0.2) is 8.42 Å². The molecule has 28 heavy (non-hydrogen) atoms. The van der Waals surface area contributed by atoms with Crippen LogP contribution in [-0.2, 0) is 10.0 Å². The Hall–Kier alpha value is -0.430. The second-order valence-electron chi connectivity index (χ2n) is 6.60. The molecule has 0 aliphatic carbocycles. The van der Waals surface area contributed by atoms with Crippen molar-refractivity contribution in [2.75, 3.05) is 33.2 Å². The van der Waals surface area contributed by atoms with Gasteiger partial charge in [-0.05, 0) is 31.2 Å². The van der Waals surface area contributed by atoms with Crippen molar-refractivity contribution in [2.45, 2.75) is 56.3 Å². The van der Waals surface area contributed by atoms with E-state index >= 15 is 0 Å². The van der Waals surface area contributed by atoms with E-state index in [0.717, 1.165) is 12.8 Å². The topological polar surface area (TPSA) is 94.0 Å². The standard InChI is InChI=1S/C18H34N4O3S2.HI/c1-5-10-18(23,11-6-2)15-21-17(19-7-3)20-12-13-22(4)27(24,25)16-9-8-14-26-16;/h8-9,14,23H,5-7,10-13,15H2,1-4H3,(H2,19,20,21);1H. The summed E-state index contributed by atoms with van der Waals surface area (Å²) >= 11 is 1.21. The first kappa shape index (κ1) is 27.6. The number of rotatable bonds is 12. The number of aliphatic hydroxyl groups is 1. The van der Waals surface area contributed by atoms with E-state index in [0.29, 0.717) is 49.2 Å². The predicted octanol–water partition coefficient (Wildman–Crippen LogP) is 2.87. The second-order valence-corrected chi connectivity index (χ2v) is 9.82. The molecule has 7 nitrogen and oxygen atoms in total. The number of sulfonamides is 1. The van der Waals surface area contributed by atoms with E-state index in [1.54, 1.807) is 24.6 Å². The van der Waals surface area contributed by atoms with Crippen LogP contribution in [0.1, 0.15) is 46.5 Å². The van der Waals surface area contributed by atoms with Gasteiger partial charge in [0.25, 0.3) is 10.0 Å². The Balaban J connectivity index is 0.00000729. The summed E-state index contributed by atoms with van der Waals surface area (Å²) in [6.45, 7) is 7.83. The molecular weight excluding hydrogens is 511 g/mol. The van der Waals surface area contributed by atoms with E-state index in [1.165, 1.54) is 15.6 Å². The fourth-order valence-corrected chi connectivity index (χ4v) is 5.17. The molecule has 0 radical (unpaired) electrons. The minimum atomic E-state index is -3.44. The maximum absolute atomic E-state index is 12.4. The first-order chi connectivity index (χ1) is 12.8. The van der Waals surface area contributed by atoms with Crippen LogP contribution >= 0.6 is 35.3 Å². The van der Waals surface area contributed by atoms with Gasteiger partial charge in [0.05, 0.1) is 12.1 Å². The molecule has 3 N–H and O–H groups in total. The summed E-state index contributed by atoms with van der Waals surface area (Å²) in [5.74, 6) is 0.588. The Morgan fingerprint density at radius 2 is 1.89 bits per heavy atom. The van der Waals surface area contributed by atoms with Gasteiger partial charge in [-0.2, -0.15) is 4.31 Å². The molecule has 0 aliphatic heterocycles. The summed E-state index contributed by atoms with van der Waals surface area (Å²) in [6, 6.07) is 3.34. The Morgan fingerprint density at radius 1 is 1.25 bits per heavy atom. The van der Waals surface area contributed by atoms with Crippen molar-refractivity contribution < 1.29 is 13.5 Å². The minimum Gasteiger partial charge on any atom is -0.388 e. The molecule has 0 aliphatic rings. The van der Waals surface area contributed by atoms with Gasteiger partial charge in [0.2, 0.25) is 0 Å². The number of aliphatic imine (C=N–C) groups is 1. The molecule has 164 valence electrons. The molecule has 0 unspecified atom stereocenters. The van der Waals surface area contributed by atoms with Crippen LogP contribution in [-0.4, -0.2) is 62.6 Å². The van der Waals surface area contributed by atoms with Crippen LogP contribution in [0.25, 0.3) is 0 Å².